The number of hydrogen-bond donors (Lipinski definition) is 1. The molecular formula is C36H49ClN6O. The Hall–Kier alpha value is -3.05. The van der Waals surface area contributed by atoms with Crippen molar-refractivity contribution in [1.29, 1.82) is 5.26 Å². The third-order valence-corrected chi connectivity index (χ3v) is 9.83. The van der Waals surface area contributed by atoms with Crippen molar-refractivity contribution < 1.29 is 4.74 Å². The molecule has 8 heteroatoms. The Morgan fingerprint density at radius 1 is 1.20 bits per heavy atom. The summed E-state index contributed by atoms with van der Waals surface area (Å²) < 4.78 is 5.72. The number of halogens is 1. The normalized spacial score (nSPS) is 24.4. The van der Waals surface area contributed by atoms with Gasteiger partial charge in [-0.3, -0.25) is 0 Å². The van der Waals surface area contributed by atoms with E-state index in [0.717, 1.165) is 79.9 Å². The van der Waals surface area contributed by atoms with Gasteiger partial charge in [-0.15, -0.1) is 0 Å². The van der Waals surface area contributed by atoms with E-state index in [2.05, 4.69) is 77.3 Å². The zero-order chi connectivity index (χ0) is 31.1. The van der Waals surface area contributed by atoms with E-state index in [0.29, 0.717) is 18.3 Å². The second kappa shape index (κ2) is 14.8. The molecule has 2 atom stereocenters. The van der Waals surface area contributed by atoms with Crippen molar-refractivity contribution in [2.45, 2.75) is 76.8 Å². The van der Waals surface area contributed by atoms with E-state index in [1.165, 1.54) is 42.8 Å². The van der Waals surface area contributed by atoms with Crippen LogP contribution in [0.1, 0.15) is 65.2 Å². The molecule has 0 radical (unpaired) electrons. The summed E-state index contributed by atoms with van der Waals surface area (Å²) in [5.74, 6) is 1.68. The van der Waals surface area contributed by atoms with Crippen molar-refractivity contribution in [3.8, 4) is 6.07 Å². The summed E-state index contributed by atoms with van der Waals surface area (Å²) >= 11 is 6.67. The molecule has 0 saturated carbocycles. The first-order valence-corrected chi connectivity index (χ1v) is 16.8. The van der Waals surface area contributed by atoms with Crippen molar-refractivity contribution in [2.75, 3.05) is 58.3 Å². The molecule has 4 aliphatic rings. The second-order valence-corrected chi connectivity index (χ2v) is 13.3. The number of allylic oxidation sites excluding steroid dienone is 1. The zero-order valence-corrected chi connectivity index (χ0v) is 27.8. The van der Waals surface area contributed by atoms with Crippen LogP contribution in [0.25, 0.3) is 10.8 Å². The van der Waals surface area contributed by atoms with Crippen molar-refractivity contribution in [3.05, 3.63) is 64.5 Å². The molecule has 44 heavy (non-hydrogen) atoms. The number of anilines is 1. The van der Waals surface area contributed by atoms with Gasteiger partial charge in [-0.05, 0) is 100 Å². The fourth-order valence-electron chi connectivity index (χ4n) is 7.21. The fraction of sp³-hybridized carbons (Fsp3) is 0.556. The molecular weight excluding hydrogens is 568 g/mol. The monoisotopic (exact) mass is 616 g/mol. The van der Waals surface area contributed by atoms with Crippen LogP contribution in [0.5, 0.6) is 0 Å². The first kappa shape index (κ1) is 32.3. The number of benzene rings is 2. The van der Waals surface area contributed by atoms with Crippen molar-refractivity contribution in [1.82, 2.24) is 15.1 Å². The van der Waals surface area contributed by atoms with Gasteiger partial charge in [0.25, 0.3) is 0 Å². The molecule has 236 valence electrons. The summed E-state index contributed by atoms with van der Waals surface area (Å²) in [6.45, 7) is 10.4. The van der Waals surface area contributed by atoms with E-state index in [4.69, 9.17) is 21.3 Å². The summed E-state index contributed by atoms with van der Waals surface area (Å²) in [4.78, 5) is 12.4. The van der Waals surface area contributed by atoms with Crippen molar-refractivity contribution >= 4 is 33.9 Å². The molecule has 2 aromatic carbocycles. The summed E-state index contributed by atoms with van der Waals surface area (Å²) in [5.41, 5.74) is 3.62. The van der Waals surface area contributed by atoms with Gasteiger partial charge in [0.1, 0.15) is 5.84 Å². The maximum atomic E-state index is 9.57. The van der Waals surface area contributed by atoms with Crippen LogP contribution < -0.4 is 10.2 Å². The lowest BCUT2D eigenvalue weighted by Crippen LogP contribution is -2.61. The molecule has 7 nitrogen and oxygen atoms in total. The maximum absolute atomic E-state index is 9.57. The lowest BCUT2D eigenvalue weighted by molar-refractivity contribution is 0.205. The Labute approximate surface area is 269 Å². The minimum absolute atomic E-state index is 0.159. The number of methoxy groups -OCH3 is 1. The smallest absolute Gasteiger partial charge is 0.210 e. The number of rotatable bonds is 7. The number of fused-ring (bicyclic) bond motifs is 3. The summed E-state index contributed by atoms with van der Waals surface area (Å²) in [6, 6.07) is 15.3. The molecule has 0 amide bonds. The largest absolute Gasteiger partial charge is 0.481 e. The van der Waals surface area contributed by atoms with Gasteiger partial charge in [0.15, 0.2) is 0 Å². The Morgan fingerprint density at radius 2 is 1.98 bits per heavy atom. The van der Waals surface area contributed by atoms with E-state index in [9.17, 15) is 5.26 Å². The fourth-order valence-corrected chi connectivity index (χ4v) is 7.49. The molecule has 2 unspecified atom stereocenters. The molecule has 3 saturated heterocycles. The molecule has 4 aliphatic heterocycles. The predicted octanol–water partition coefficient (Wildman–Crippen LogP) is 7.14. The number of nitrogens with zero attached hydrogens (tertiary/aromatic N) is 5. The predicted molar refractivity (Wildman–Crippen MR) is 183 cm³/mol. The summed E-state index contributed by atoms with van der Waals surface area (Å²) in [6.07, 6.45) is 10.4. The van der Waals surface area contributed by atoms with Gasteiger partial charge in [-0.1, -0.05) is 49.2 Å². The van der Waals surface area contributed by atoms with Crippen LogP contribution in [-0.4, -0.2) is 80.6 Å². The Balaban J connectivity index is 0.000000573. The average Bonchev–Trinajstić information content (AvgIpc) is 3.63. The highest BCUT2D eigenvalue weighted by Gasteiger charge is 2.45. The SMILES string of the molecule is CCC/C=C(/N=C(\C1=C(C)CN(c2cccc3cccc(Cl)c23)CC1)N1CC2CCC(CC#N)(C1)N2)OC.CN1CCCC1. The standard InChI is InChI=1S/C31H38ClN5O.C5H11N/c1-4-5-12-28(38-3)34-30(37-20-24-13-15-31(21-37,35-24)16-17-33)25-14-18-36(19-22(25)2)27-11-7-9-23-8-6-10-26(32)29(23)27;1-6-4-2-3-5-6/h6-12,24,35H,4-5,13-16,18-21H2,1-3H3;2-5H2,1H3/b28-12-,34-30+;. The molecule has 2 bridgehead atoms. The Bertz CT molecular complexity index is 1430. The summed E-state index contributed by atoms with van der Waals surface area (Å²) in [5, 5.41) is 16.4. The molecule has 0 aromatic heterocycles. The molecule has 3 fully saturated rings. The van der Waals surface area contributed by atoms with E-state index in [-0.39, 0.29) is 5.54 Å². The average molecular weight is 617 g/mol. The summed E-state index contributed by atoms with van der Waals surface area (Å²) in [7, 11) is 3.88. The molecule has 2 aromatic rings. The number of nitriles is 1. The number of amidine groups is 1. The highest BCUT2D eigenvalue weighted by Crippen LogP contribution is 2.37. The van der Waals surface area contributed by atoms with Crippen LogP contribution in [-0.2, 0) is 4.74 Å². The Morgan fingerprint density at radius 3 is 2.64 bits per heavy atom. The number of hydrogen-bond acceptors (Lipinski definition) is 6. The van der Waals surface area contributed by atoms with E-state index in [1.807, 2.05) is 12.1 Å². The molecule has 6 rings (SSSR count). The number of piperazine rings is 1. The van der Waals surface area contributed by atoms with Crippen LogP contribution in [0.2, 0.25) is 5.02 Å². The molecule has 1 N–H and O–H groups in total. The lowest BCUT2D eigenvalue weighted by atomic mass is 9.92. The molecule has 4 heterocycles. The first-order chi connectivity index (χ1) is 21.4. The van der Waals surface area contributed by atoms with Gasteiger partial charge >= 0.3 is 0 Å². The van der Waals surface area contributed by atoms with Gasteiger partial charge in [0.2, 0.25) is 5.88 Å². The second-order valence-electron chi connectivity index (χ2n) is 12.9. The van der Waals surface area contributed by atoms with Gasteiger partial charge in [0.05, 0.1) is 24.6 Å². The van der Waals surface area contributed by atoms with Gasteiger partial charge in [-0.25, -0.2) is 0 Å². The third kappa shape index (κ3) is 7.42. The minimum Gasteiger partial charge on any atom is -0.481 e. The van der Waals surface area contributed by atoms with Crippen molar-refractivity contribution in [2.24, 2.45) is 4.99 Å². The molecule has 0 aliphatic carbocycles. The van der Waals surface area contributed by atoms with Crippen LogP contribution in [0.15, 0.2) is 64.5 Å². The van der Waals surface area contributed by atoms with E-state index < -0.39 is 0 Å². The lowest BCUT2D eigenvalue weighted by Gasteiger charge is -2.43. The number of unbranched alkanes of at least 4 members (excludes halogenated alkanes) is 1. The minimum atomic E-state index is -0.159. The maximum Gasteiger partial charge on any atom is 0.210 e. The quantitative estimate of drug-likeness (QED) is 0.203. The van der Waals surface area contributed by atoms with Crippen LogP contribution >= 0.6 is 11.6 Å². The van der Waals surface area contributed by atoms with Gasteiger partial charge in [0, 0.05) is 48.8 Å². The number of aliphatic imine (C=N–C) groups is 1. The Kier molecular flexibility index (Phi) is 10.9. The van der Waals surface area contributed by atoms with Crippen LogP contribution in [0.4, 0.5) is 5.69 Å². The zero-order valence-electron chi connectivity index (χ0n) is 27.0. The van der Waals surface area contributed by atoms with E-state index in [1.54, 1.807) is 7.11 Å². The highest BCUT2D eigenvalue weighted by molar-refractivity contribution is 6.36. The van der Waals surface area contributed by atoms with Crippen molar-refractivity contribution in [3.63, 3.8) is 0 Å². The van der Waals surface area contributed by atoms with Crippen LogP contribution in [0, 0.1) is 11.3 Å². The van der Waals surface area contributed by atoms with Gasteiger partial charge < -0.3 is 24.8 Å². The topological polar surface area (TPSA) is 67.1 Å². The number of ether oxygens (including phenoxy) is 1. The van der Waals surface area contributed by atoms with Gasteiger partial charge in [-0.2, -0.15) is 10.3 Å². The molecule has 0 spiro atoms. The first-order valence-electron chi connectivity index (χ1n) is 16.4. The highest BCUT2D eigenvalue weighted by atomic mass is 35.5. The number of likely N-dealkylation sites (tertiary alicyclic amines) is 2. The third-order valence-electron chi connectivity index (χ3n) is 9.51. The van der Waals surface area contributed by atoms with Crippen LogP contribution in [0.3, 0.4) is 0 Å². The number of nitrogens with one attached hydrogen (secondary N) is 1. The van der Waals surface area contributed by atoms with E-state index >= 15 is 0 Å².